The van der Waals surface area contributed by atoms with Crippen molar-refractivity contribution < 1.29 is 4.52 Å². The number of rotatable bonds is 1. The van der Waals surface area contributed by atoms with E-state index in [0.29, 0.717) is 5.92 Å². The molecule has 1 saturated heterocycles. The quantitative estimate of drug-likeness (QED) is 0.642. The van der Waals surface area contributed by atoms with Crippen molar-refractivity contribution in [1.82, 2.24) is 10.1 Å². The van der Waals surface area contributed by atoms with Crippen LogP contribution in [0, 0.1) is 0 Å². The second-order valence-corrected chi connectivity index (χ2v) is 3.30. The summed E-state index contributed by atoms with van der Waals surface area (Å²) in [7, 11) is 0. The van der Waals surface area contributed by atoms with Crippen molar-refractivity contribution in [1.29, 1.82) is 0 Å². The number of hydrogen-bond acceptors (Lipinski definition) is 5. The SMILES string of the molecule is Nc1nc(C2CSC2)no1. The van der Waals surface area contributed by atoms with E-state index in [9.17, 15) is 0 Å². The Morgan fingerprint density at radius 2 is 2.40 bits per heavy atom. The van der Waals surface area contributed by atoms with Gasteiger partial charge in [-0.25, -0.2) is 0 Å². The minimum atomic E-state index is 0.173. The van der Waals surface area contributed by atoms with Crippen molar-refractivity contribution in [2.24, 2.45) is 0 Å². The Morgan fingerprint density at radius 3 is 2.80 bits per heavy atom. The average Bonchev–Trinajstić information content (AvgIpc) is 2.10. The van der Waals surface area contributed by atoms with E-state index >= 15 is 0 Å². The van der Waals surface area contributed by atoms with E-state index in [2.05, 4.69) is 14.7 Å². The molecule has 1 aliphatic heterocycles. The molecule has 10 heavy (non-hydrogen) atoms. The zero-order valence-electron chi connectivity index (χ0n) is 5.28. The molecule has 5 heteroatoms. The molecule has 2 heterocycles. The number of hydrogen-bond donors (Lipinski definition) is 1. The van der Waals surface area contributed by atoms with Gasteiger partial charge in [0.1, 0.15) is 0 Å². The van der Waals surface area contributed by atoms with Gasteiger partial charge < -0.3 is 10.3 Å². The number of nitrogens with zero attached hydrogens (tertiary/aromatic N) is 2. The number of nitrogen functional groups attached to an aromatic ring is 1. The standard InChI is InChI=1S/C5H7N3OS/c6-5-7-4(8-9-5)3-1-10-2-3/h3H,1-2H2,(H2,6,7,8). The fraction of sp³-hybridized carbons (Fsp3) is 0.600. The highest BCUT2D eigenvalue weighted by molar-refractivity contribution is 8.00. The maximum atomic E-state index is 5.25. The first-order valence-corrected chi connectivity index (χ1v) is 4.18. The summed E-state index contributed by atoms with van der Waals surface area (Å²) in [6, 6.07) is 0.173. The Kier molecular flexibility index (Phi) is 1.30. The van der Waals surface area contributed by atoms with Crippen LogP contribution >= 0.6 is 11.8 Å². The van der Waals surface area contributed by atoms with Gasteiger partial charge in [-0.05, 0) is 0 Å². The van der Waals surface area contributed by atoms with Crippen molar-refractivity contribution in [3.05, 3.63) is 5.82 Å². The average molecular weight is 157 g/mol. The predicted molar refractivity (Wildman–Crippen MR) is 38.8 cm³/mol. The lowest BCUT2D eigenvalue weighted by Crippen LogP contribution is -2.16. The molecule has 0 amide bonds. The molecule has 1 aromatic heterocycles. The second kappa shape index (κ2) is 2.16. The lowest BCUT2D eigenvalue weighted by molar-refractivity contribution is 0.423. The van der Waals surface area contributed by atoms with Crippen LogP contribution in [0.1, 0.15) is 11.7 Å². The molecular weight excluding hydrogens is 150 g/mol. The number of thioether (sulfide) groups is 1. The minimum absolute atomic E-state index is 0.173. The highest BCUT2D eigenvalue weighted by Crippen LogP contribution is 2.32. The molecule has 0 aromatic carbocycles. The Balaban J connectivity index is 2.17. The first kappa shape index (κ1) is 6.03. The molecule has 0 aliphatic carbocycles. The summed E-state index contributed by atoms with van der Waals surface area (Å²) >= 11 is 1.89. The first-order chi connectivity index (χ1) is 4.86. The lowest BCUT2D eigenvalue weighted by Gasteiger charge is -2.20. The van der Waals surface area contributed by atoms with Crippen LogP contribution in [0.4, 0.5) is 6.01 Å². The Bertz CT molecular complexity index is 233. The Morgan fingerprint density at radius 1 is 1.60 bits per heavy atom. The third-order valence-corrected chi connectivity index (χ3v) is 2.74. The van der Waals surface area contributed by atoms with E-state index in [1.54, 1.807) is 0 Å². The summed E-state index contributed by atoms with van der Waals surface area (Å²) in [6.07, 6.45) is 0. The van der Waals surface area contributed by atoms with Crippen LogP contribution in [0.15, 0.2) is 4.52 Å². The maximum Gasteiger partial charge on any atom is 0.318 e. The molecule has 0 spiro atoms. The van der Waals surface area contributed by atoms with Crippen molar-refractivity contribution >= 4 is 17.8 Å². The second-order valence-electron chi connectivity index (χ2n) is 2.23. The van der Waals surface area contributed by atoms with Crippen molar-refractivity contribution in [3.63, 3.8) is 0 Å². The van der Waals surface area contributed by atoms with E-state index in [1.807, 2.05) is 11.8 Å². The molecular formula is C5H7N3OS. The molecule has 0 unspecified atom stereocenters. The number of nitrogens with two attached hydrogens (primary N) is 1. The largest absolute Gasteiger partial charge is 0.351 e. The van der Waals surface area contributed by atoms with Gasteiger partial charge in [0.05, 0.1) is 0 Å². The van der Waals surface area contributed by atoms with Crippen LogP contribution in [0.2, 0.25) is 0 Å². The highest BCUT2D eigenvalue weighted by Gasteiger charge is 2.24. The maximum absolute atomic E-state index is 5.25. The molecule has 1 aliphatic rings. The highest BCUT2D eigenvalue weighted by atomic mass is 32.2. The summed E-state index contributed by atoms with van der Waals surface area (Å²) in [5.74, 6) is 3.43. The van der Waals surface area contributed by atoms with Crippen molar-refractivity contribution in [3.8, 4) is 0 Å². The van der Waals surface area contributed by atoms with Crippen LogP contribution in [-0.4, -0.2) is 21.6 Å². The van der Waals surface area contributed by atoms with Gasteiger partial charge in [-0.3, -0.25) is 0 Å². The van der Waals surface area contributed by atoms with Crippen LogP contribution in [0.3, 0.4) is 0 Å². The van der Waals surface area contributed by atoms with E-state index in [0.717, 1.165) is 17.3 Å². The molecule has 1 fully saturated rings. The van der Waals surface area contributed by atoms with Crippen LogP contribution in [-0.2, 0) is 0 Å². The smallest absolute Gasteiger partial charge is 0.318 e. The predicted octanol–water partition coefficient (Wildman–Crippen LogP) is 0.482. The molecule has 0 saturated carbocycles. The number of anilines is 1. The van der Waals surface area contributed by atoms with E-state index in [1.165, 1.54) is 0 Å². The van der Waals surface area contributed by atoms with E-state index < -0.39 is 0 Å². The van der Waals surface area contributed by atoms with Gasteiger partial charge in [0.2, 0.25) is 0 Å². The van der Waals surface area contributed by atoms with Gasteiger partial charge in [-0.2, -0.15) is 16.7 Å². The van der Waals surface area contributed by atoms with Gasteiger partial charge in [-0.1, -0.05) is 5.16 Å². The van der Waals surface area contributed by atoms with Gasteiger partial charge in [-0.15, -0.1) is 0 Å². The summed E-state index contributed by atoms with van der Waals surface area (Å²) in [6.45, 7) is 0. The van der Waals surface area contributed by atoms with Crippen molar-refractivity contribution in [2.45, 2.75) is 5.92 Å². The topological polar surface area (TPSA) is 64.9 Å². The molecule has 54 valence electrons. The van der Waals surface area contributed by atoms with Crippen LogP contribution < -0.4 is 5.73 Å². The molecule has 0 atom stereocenters. The molecule has 1 aromatic rings. The van der Waals surface area contributed by atoms with Gasteiger partial charge in [0.25, 0.3) is 0 Å². The fourth-order valence-corrected chi connectivity index (χ4v) is 1.57. The molecule has 2 rings (SSSR count). The summed E-state index contributed by atoms with van der Waals surface area (Å²) in [4.78, 5) is 3.92. The minimum Gasteiger partial charge on any atom is -0.351 e. The third-order valence-electron chi connectivity index (χ3n) is 1.46. The van der Waals surface area contributed by atoms with Gasteiger partial charge in [0, 0.05) is 17.4 Å². The fourth-order valence-electron chi connectivity index (χ4n) is 0.798. The molecule has 4 nitrogen and oxygen atoms in total. The van der Waals surface area contributed by atoms with Gasteiger partial charge >= 0.3 is 6.01 Å². The lowest BCUT2D eigenvalue weighted by atomic mass is 10.2. The summed E-state index contributed by atoms with van der Waals surface area (Å²) in [5.41, 5.74) is 5.25. The van der Waals surface area contributed by atoms with E-state index in [-0.39, 0.29) is 6.01 Å². The normalized spacial score (nSPS) is 18.8. The zero-order valence-corrected chi connectivity index (χ0v) is 6.10. The van der Waals surface area contributed by atoms with Crippen LogP contribution in [0.25, 0.3) is 0 Å². The zero-order chi connectivity index (χ0) is 6.97. The molecule has 0 radical (unpaired) electrons. The van der Waals surface area contributed by atoms with Gasteiger partial charge in [0.15, 0.2) is 5.82 Å². The molecule has 0 bridgehead atoms. The Hall–Kier alpha value is -0.710. The molecule has 2 N–H and O–H groups in total. The first-order valence-electron chi connectivity index (χ1n) is 3.03. The monoisotopic (exact) mass is 157 g/mol. The Labute approximate surface area is 62.2 Å². The van der Waals surface area contributed by atoms with Crippen molar-refractivity contribution in [2.75, 3.05) is 17.2 Å². The summed E-state index contributed by atoms with van der Waals surface area (Å²) in [5, 5.41) is 3.71. The third kappa shape index (κ3) is 0.862. The van der Waals surface area contributed by atoms with E-state index in [4.69, 9.17) is 5.73 Å². The summed E-state index contributed by atoms with van der Waals surface area (Å²) < 4.78 is 4.63. The van der Waals surface area contributed by atoms with Crippen LogP contribution in [0.5, 0.6) is 0 Å². The number of aromatic nitrogens is 2.